The van der Waals surface area contributed by atoms with Gasteiger partial charge >= 0.3 is 0 Å². The second kappa shape index (κ2) is 4.65. The average Bonchev–Trinajstić information content (AvgIpc) is 3.08. The molecule has 2 N–H and O–H groups in total. The molecule has 1 aromatic heterocycles. The smallest absolute Gasteiger partial charge is 0.126 e. The Bertz CT molecular complexity index is 389. The Kier molecular flexibility index (Phi) is 3.38. The molecule has 1 heterocycles. The number of anilines is 1. The molecule has 0 unspecified atom stereocenters. The first kappa shape index (κ1) is 12.4. The molecule has 0 saturated heterocycles. The fraction of sp³-hybridized carbons (Fsp3) is 0.643. The van der Waals surface area contributed by atoms with Crippen LogP contribution in [0, 0.1) is 0 Å². The van der Waals surface area contributed by atoms with Gasteiger partial charge in [0.1, 0.15) is 5.82 Å². The maximum Gasteiger partial charge on any atom is 0.126 e. The molecule has 0 aromatic carbocycles. The van der Waals surface area contributed by atoms with Crippen LogP contribution in [0.3, 0.4) is 0 Å². The van der Waals surface area contributed by atoms with E-state index in [0.717, 1.165) is 24.1 Å². The van der Waals surface area contributed by atoms with Gasteiger partial charge in [0.25, 0.3) is 0 Å². The van der Waals surface area contributed by atoms with E-state index in [1.54, 1.807) is 0 Å². The SMILES string of the molecule is CNc1cc(CNC2CC2)cc(C(C)(C)C)n1. The van der Waals surface area contributed by atoms with E-state index in [9.17, 15) is 0 Å². The van der Waals surface area contributed by atoms with Crippen LogP contribution in [-0.2, 0) is 12.0 Å². The fourth-order valence-electron chi connectivity index (χ4n) is 1.75. The molecule has 0 bridgehead atoms. The Balaban J connectivity index is 2.18. The van der Waals surface area contributed by atoms with E-state index in [2.05, 4.69) is 48.5 Å². The maximum atomic E-state index is 4.63. The van der Waals surface area contributed by atoms with Crippen molar-refractivity contribution in [2.75, 3.05) is 12.4 Å². The van der Waals surface area contributed by atoms with Gasteiger partial charge < -0.3 is 10.6 Å². The Morgan fingerprint density at radius 1 is 1.29 bits per heavy atom. The van der Waals surface area contributed by atoms with Gasteiger partial charge in [-0.3, -0.25) is 0 Å². The highest BCUT2D eigenvalue weighted by Gasteiger charge is 2.21. The van der Waals surface area contributed by atoms with E-state index in [0.29, 0.717) is 0 Å². The van der Waals surface area contributed by atoms with Crippen molar-refractivity contribution in [3.63, 3.8) is 0 Å². The molecule has 3 nitrogen and oxygen atoms in total. The Morgan fingerprint density at radius 3 is 2.53 bits per heavy atom. The summed E-state index contributed by atoms with van der Waals surface area (Å²) in [7, 11) is 1.92. The van der Waals surface area contributed by atoms with Gasteiger partial charge in [-0.15, -0.1) is 0 Å². The van der Waals surface area contributed by atoms with Gasteiger partial charge in [-0.25, -0.2) is 4.98 Å². The van der Waals surface area contributed by atoms with Gasteiger partial charge in [0.2, 0.25) is 0 Å². The van der Waals surface area contributed by atoms with Crippen LogP contribution in [-0.4, -0.2) is 18.1 Å². The van der Waals surface area contributed by atoms with Gasteiger partial charge in [0, 0.05) is 30.7 Å². The summed E-state index contributed by atoms with van der Waals surface area (Å²) in [6.45, 7) is 7.55. The fourth-order valence-corrected chi connectivity index (χ4v) is 1.75. The summed E-state index contributed by atoms with van der Waals surface area (Å²) in [4.78, 5) is 4.63. The topological polar surface area (TPSA) is 37.0 Å². The van der Waals surface area contributed by atoms with Crippen molar-refractivity contribution < 1.29 is 0 Å². The summed E-state index contributed by atoms with van der Waals surface area (Å²) in [5, 5.41) is 6.69. The standard InChI is InChI=1S/C14H23N3/c1-14(2,3)12-7-10(8-13(15-4)17-12)9-16-11-5-6-11/h7-8,11,16H,5-6,9H2,1-4H3,(H,15,17). The van der Waals surface area contributed by atoms with E-state index in [1.165, 1.54) is 18.4 Å². The summed E-state index contributed by atoms with van der Waals surface area (Å²) < 4.78 is 0. The molecule has 0 spiro atoms. The van der Waals surface area contributed by atoms with Gasteiger partial charge in [-0.1, -0.05) is 20.8 Å². The molecule has 3 heteroatoms. The normalized spacial score (nSPS) is 16.0. The number of nitrogens with zero attached hydrogens (tertiary/aromatic N) is 1. The van der Waals surface area contributed by atoms with Crippen LogP contribution in [0.2, 0.25) is 0 Å². The van der Waals surface area contributed by atoms with Crippen LogP contribution < -0.4 is 10.6 Å². The van der Waals surface area contributed by atoms with Crippen molar-refractivity contribution in [2.24, 2.45) is 0 Å². The minimum absolute atomic E-state index is 0.0984. The zero-order valence-corrected chi connectivity index (χ0v) is 11.3. The largest absolute Gasteiger partial charge is 0.373 e. The van der Waals surface area contributed by atoms with E-state index < -0.39 is 0 Å². The number of rotatable bonds is 4. The summed E-state index contributed by atoms with van der Waals surface area (Å²) in [5.74, 6) is 0.963. The molecule has 1 aromatic rings. The second-order valence-corrected chi connectivity index (χ2v) is 5.90. The van der Waals surface area contributed by atoms with Gasteiger partial charge in [-0.05, 0) is 30.5 Å². The highest BCUT2D eigenvalue weighted by Crippen LogP contribution is 2.24. The molecule has 94 valence electrons. The monoisotopic (exact) mass is 233 g/mol. The number of nitrogens with one attached hydrogen (secondary N) is 2. The number of aromatic nitrogens is 1. The molecule has 0 radical (unpaired) electrons. The third-order valence-corrected chi connectivity index (χ3v) is 3.08. The summed E-state index contributed by atoms with van der Waals surface area (Å²) in [6.07, 6.45) is 2.66. The quantitative estimate of drug-likeness (QED) is 0.839. The Labute approximate surface area is 104 Å². The molecule has 1 saturated carbocycles. The Morgan fingerprint density at radius 2 is 2.00 bits per heavy atom. The van der Waals surface area contributed by atoms with Crippen LogP contribution in [0.25, 0.3) is 0 Å². The predicted octanol–water partition coefficient (Wildman–Crippen LogP) is 2.67. The maximum absolute atomic E-state index is 4.63. The van der Waals surface area contributed by atoms with Crippen molar-refractivity contribution in [3.8, 4) is 0 Å². The van der Waals surface area contributed by atoms with Crippen LogP contribution in [0.5, 0.6) is 0 Å². The lowest BCUT2D eigenvalue weighted by Crippen LogP contribution is -2.18. The molecule has 1 aliphatic carbocycles. The van der Waals surface area contributed by atoms with E-state index in [1.807, 2.05) is 7.05 Å². The van der Waals surface area contributed by atoms with Gasteiger partial charge in [0.15, 0.2) is 0 Å². The van der Waals surface area contributed by atoms with Crippen LogP contribution in [0.4, 0.5) is 5.82 Å². The molecule has 1 aliphatic rings. The van der Waals surface area contributed by atoms with Crippen molar-refractivity contribution in [3.05, 3.63) is 23.4 Å². The summed E-state index contributed by atoms with van der Waals surface area (Å²) in [5.41, 5.74) is 2.57. The third-order valence-electron chi connectivity index (χ3n) is 3.08. The van der Waals surface area contributed by atoms with Crippen molar-refractivity contribution in [2.45, 2.75) is 51.6 Å². The summed E-state index contributed by atoms with van der Waals surface area (Å²) in [6, 6.07) is 5.10. The third kappa shape index (κ3) is 3.43. The first-order chi connectivity index (χ1) is 7.99. The molecular weight excluding hydrogens is 210 g/mol. The van der Waals surface area contributed by atoms with Gasteiger partial charge in [0.05, 0.1) is 0 Å². The highest BCUT2D eigenvalue weighted by atomic mass is 15.0. The van der Waals surface area contributed by atoms with Crippen LogP contribution in [0.1, 0.15) is 44.9 Å². The van der Waals surface area contributed by atoms with Crippen molar-refractivity contribution in [1.82, 2.24) is 10.3 Å². The number of pyridine rings is 1. The van der Waals surface area contributed by atoms with E-state index >= 15 is 0 Å². The lowest BCUT2D eigenvalue weighted by atomic mass is 9.90. The van der Waals surface area contributed by atoms with E-state index in [4.69, 9.17) is 0 Å². The summed E-state index contributed by atoms with van der Waals surface area (Å²) >= 11 is 0. The second-order valence-electron chi connectivity index (χ2n) is 5.90. The molecule has 0 amide bonds. The van der Waals surface area contributed by atoms with E-state index in [-0.39, 0.29) is 5.41 Å². The molecule has 0 aliphatic heterocycles. The van der Waals surface area contributed by atoms with Gasteiger partial charge in [-0.2, -0.15) is 0 Å². The van der Waals surface area contributed by atoms with Crippen molar-refractivity contribution >= 4 is 5.82 Å². The predicted molar refractivity (Wildman–Crippen MR) is 72.3 cm³/mol. The minimum Gasteiger partial charge on any atom is -0.373 e. The molecular formula is C14H23N3. The zero-order chi connectivity index (χ0) is 12.5. The first-order valence-corrected chi connectivity index (χ1v) is 6.41. The minimum atomic E-state index is 0.0984. The lowest BCUT2D eigenvalue weighted by Gasteiger charge is -2.20. The number of hydrogen-bond acceptors (Lipinski definition) is 3. The highest BCUT2D eigenvalue weighted by molar-refractivity contribution is 5.40. The molecule has 2 rings (SSSR count). The average molecular weight is 233 g/mol. The molecule has 1 fully saturated rings. The van der Waals surface area contributed by atoms with Crippen LogP contribution >= 0.6 is 0 Å². The molecule has 17 heavy (non-hydrogen) atoms. The zero-order valence-electron chi connectivity index (χ0n) is 11.3. The lowest BCUT2D eigenvalue weighted by molar-refractivity contribution is 0.567. The van der Waals surface area contributed by atoms with Crippen LogP contribution in [0.15, 0.2) is 12.1 Å². The first-order valence-electron chi connectivity index (χ1n) is 6.41. The Hall–Kier alpha value is -1.09. The molecule has 0 atom stereocenters. The number of hydrogen-bond donors (Lipinski definition) is 2. The van der Waals surface area contributed by atoms with Crippen molar-refractivity contribution in [1.29, 1.82) is 0 Å².